The third kappa shape index (κ3) is 5.59. The van der Waals surface area contributed by atoms with Gasteiger partial charge < -0.3 is 15.7 Å². The number of nitrogens with one attached hydrogen (secondary N) is 2. The summed E-state index contributed by atoms with van der Waals surface area (Å²) in [5.74, 6) is -0.694. The minimum Gasteiger partial charge on any atom is -0.388 e. The zero-order valence-corrected chi connectivity index (χ0v) is 12.3. The first-order valence-corrected chi connectivity index (χ1v) is 6.75. The fraction of sp³-hybridized carbons (Fsp3) is 0.429. The Kier molecular flexibility index (Phi) is 5.98. The molecule has 0 saturated carbocycles. The Bertz CT molecular complexity index is 472. The Morgan fingerprint density at radius 2 is 1.85 bits per heavy atom. The lowest BCUT2D eigenvalue weighted by Gasteiger charge is -2.21. The molecule has 0 aliphatic carbocycles. The number of benzene rings is 1. The van der Waals surface area contributed by atoms with Gasteiger partial charge in [-0.2, -0.15) is 0 Å². The molecule has 0 aliphatic rings. The van der Waals surface area contributed by atoms with Crippen LogP contribution in [0.4, 0.5) is 0 Å². The molecule has 1 rings (SSSR count). The highest BCUT2D eigenvalue weighted by atomic mass is 35.5. The van der Waals surface area contributed by atoms with Gasteiger partial charge in [-0.05, 0) is 37.6 Å². The first-order valence-electron chi connectivity index (χ1n) is 6.37. The van der Waals surface area contributed by atoms with E-state index in [0.717, 1.165) is 0 Å². The van der Waals surface area contributed by atoms with Gasteiger partial charge in [0, 0.05) is 17.1 Å². The van der Waals surface area contributed by atoms with Crippen molar-refractivity contribution in [1.29, 1.82) is 0 Å². The van der Waals surface area contributed by atoms with Crippen molar-refractivity contribution in [1.82, 2.24) is 10.6 Å². The summed E-state index contributed by atoms with van der Waals surface area (Å²) in [6, 6.07) is 6.37. The monoisotopic (exact) mass is 298 g/mol. The van der Waals surface area contributed by atoms with Gasteiger partial charge in [0.1, 0.15) is 0 Å². The van der Waals surface area contributed by atoms with Gasteiger partial charge in [-0.1, -0.05) is 18.5 Å². The van der Waals surface area contributed by atoms with Crippen molar-refractivity contribution in [3.63, 3.8) is 0 Å². The topological polar surface area (TPSA) is 78.4 Å². The summed E-state index contributed by atoms with van der Waals surface area (Å²) >= 11 is 5.72. The van der Waals surface area contributed by atoms with Gasteiger partial charge in [-0.3, -0.25) is 9.59 Å². The number of amides is 2. The average molecular weight is 299 g/mol. The molecule has 0 bridgehead atoms. The first-order chi connectivity index (χ1) is 9.34. The summed E-state index contributed by atoms with van der Waals surface area (Å²) in [7, 11) is 0. The summed E-state index contributed by atoms with van der Waals surface area (Å²) in [4.78, 5) is 23.3. The van der Waals surface area contributed by atoms with Crippen molar-refractivity contribution >= 4 is 23.4 Å². The number of hydrogen-bond donors (Lipinski definition) is 3. The number of rotatable bonds is 6. The van der Waals surface area contributed by atoms with E-state index in [1.165, 1.54) is 0 Å². The molecule has 1 aromatic carbocycles. The van der Waals surface area contributed by atoms with Crippen molar-refractivity contribution in [2.24, 2.45) is 0 Å². The molecule has 2 amide bonds. The Morgan fingerprint density at radius 3 is 2.40 bits per heavy atom. The minimum absolute atomic E-state index is 0.138. The van der Waals surface area contributed by atoms with Crippen LogP contribution in [-0.2, 0) is 4.79 Å². The fourth-order valence-electron chi connectivity index (χ4n) is 1.34. The number of hydrogen-bond acceptors (Lipinski definition) is 3. The molecule has 0 spiro atoms. The molecule has 1 aromatic rings. The summed E-state index contributed by atoms with van der Waals surface area (Å²) in [5.41, 5.74) is -0.502. The summed E-state index contributed by atoms with van der Waals surface area (Å²) in [6.07, 6.45) is 0.532. The number of halogens is 1. The molecule has 1 atom stereocenters. The molecule has 0 radical (unpaired) electrons. The van der Waals surface area contributed by atoms with Gasteiger partial charge in [0.25, 0.3) is 5.91 Å². The lowest BCUT2D eigenvalue weighted by molar-refractivity contribution is -0.121. The molecule has 0 saturated heterocycles. The van der Waals surface area contributed by atoms with Crippen molar-refractivity contribution in [3.8, 4) is 0 Å². The van der Waals surface area contributed by atoms with Gasteiger partial charge in [0.15, 0.2) is 0 Å². The summed E-state index contributed by atoms with van der Waals surface area (Å²) in [5, 5.41) is 15.3. The van der Waals surface area contributed by atoms with Crippen molar-refractivity contribution in [2.45, 2.75) is 25.9 Å². The Morgan fingerprint density at radius 1 is 1.25 bits per heavy atom. The quantitative estimate of drug-likeness (QED) is 0.742. The summed E-state index contributed by atoms with van der Waals surface area (Å²) in [6.45, 7) is 3.48. The zero-order chi connectivity index (χ0) is 15.2. The molecule has 20 heavy (non-hydrogen) atoms. The van der Waals surface area contributed by atoms with E-state index in [4.69, 9.17) is 11.6 Å². The Labute approximate surface area is 123 Å². The molecule has 0 aliphatic heterocycles. The zero-order valence-electron chi connectivity index (χ0n) is 11.6. The van der Waals surface area contributed by atoms with Gasteiger partial charge in [-0.25, -0.2) is 0 Å². The average Bonchev–Trinajstić information content (AvgIpc) is 2.43. The molecule has 6 heteroatoms. The van der Waals surface area contributed by atoms with Crippen LogP contribution < -0.4 is 10.6 Å². The van der Waals surface area contributed by atoms with E-state index in [-0.39, 0.29) is 24.9 Å². The lowest BCUT2D eigenvalue weighted by atomic mass is 10.0. The maximum Gasteiger partial charge on any atom is 0.251 e. The second-order valence-corrected chi connectivity index (χ2v) is 5.25. The third-order valence-corrected chi connectivity index (χ3v) is 3.20. The molecule has 3 N–H and O–H groups in total. The van der Waals surface area contributed by atoms with E-state index in [2.05, 4.69) is 10.6 Å². The van der Waals surface area contributed by atoms with Crippen LogP contribution in [0.1, 0.15) is 30.6 Å². The summed E-state index contributed by atoms with van der Waals surface area (Å²) < 4.78 is 0. The maximum atomic E-state index is 11.7. The van der Waals surface area contributed by atoms with Crippen LogP contribution in [0.25, 0.3) is 0 Å². The van der Waals surface area contributed by atoms with E-state index < -0.39 is 5.60 Å². The fourth-order valence-corrected chi connectivity index (χ4v) is 1.47. The normalized spacial score (nSPS) is 13.4. The van der Waals surface area contributed by atoms with Gasteiger partial charge in [0.2, 0.25) is 5.91 Å². The number of carbonyl (C=O) groups is 2. The molecular formula is C14H19ClN2O3. The van der Waals surface area contributed by atoms with Gasteiger partial charge in [0.05, 0.1) is 12.1 Å². The lowest BCUT2D eigenvalue weighted by Crippen LogP contribution is -2.44. The number of aliphatic hydroxyl groups is 1. The van der Waals surface area contributed by atoms with E-state index in [0.29, 0.717) is 17.0 Å². The van der Waals surface area contributed by atoms with E-state index >= 15 is 0 Å². The predicted molar refractivity (Wildman–Crippen MR) is 77.7 cm³/mol. The van der Waals surface area contributed by atoms with Crippen molar-refractivity contribution in [3.05, 3.63) is 34.9 Å². The second kappa shape index (κ2) is 7.26. The molecule has 0 aromatic heterocycles. The predicted octanol–water partition coefficient (Wildman–Crippen LogP) is 1.35. The van der Waals surface area contributed by atoms with Crippen LogP contribution in [0.2, 0.25) is 5.02 Å². The van der Waals surface area contributed by atoms with Crippen molar-refractivity contribution in [2.75, 3.05) is 13.1 Å². The minimum atomic E-state index is -0.935. The van der Waals surface area contributed by atoms with Crippen LogP contribution in [0.3, 0.4) is 0 Å². The van der Waals surface area contributed by atoms with Gasteiger partial charge in [-0.15, -0.1) is 0 Å². The van der Waals surface area contributed by atoms with Crippen LogP contribution in [-0.4, -0.2) is 35.6 Å². The largest absolute Gasteiger partial charge is 0.388 e. The number of carbonyl (C=O) groups excluding carboxylic acids is 2. The maximum absolute atomic E-state index is 11.7. The molecule has 1 unspecified atom stereocenters. The highest BCUT2D eigenvalue weighted by Crippen LogP contribution is 2.09. The first kappa shape index (κ1) is 16.5. The van der Waals surface area contributed by atoms with Crippen LogP contribution in [0.5, 0.6) is 0 Å². The van der Waals surface area contributed by atoms with E-state index in [1.54, 1.807) is 31.2 Å². The SMILES string of the molecule is CCC(C)(O)CNC(=O)CNC(=O)c1ccc(Cl)cc1. The highest BCUT2D eigenvalue weighted by molar-refractivity contribution is 6.30. The highest BCUT2D eigenvalue weighted by Gasteiger charge is 2.18. The third-order valence-electron chi connectivity index (χ3n) is 2.94. The molecular weight excluding hydrogens is 280 g/mol. The van der Waals surface area contributed by atoms with E-state index in [9.17, 15) is 14.7 Å². The Hall–Kier alpha value is -1.59. The Balaban J connectivity index is 2.37. The molecule has 5 nitrogen and oxygen atoms in total. The van der Waals surface area contributed by atoms with Crippen LogP contribution in [0.15, 0.2) is 24.3 Å². The molecule has 0 heterocycles. The van der Waals surface area contributed by atoms with E-state index in [1.807, 2.05) is 6.92 Å². The second-order valence-electron chi connectivity index (χ2n) is 4.82. The molecule has 0 fully saturated rings. The molecule has 110 valence electrons. The standard InChI is InChI=1S/C14H19ClN2O3/c1-3-14(2,20)9-17-12(18)8-16-13(19)10-4-6-11(15)7-5-10/h4-7,20H,3,8-9H2,1-2H3,(H,16,19)(H,17,18). The smallest absolute Gasteiger partial charge is 0.251 e. The van der Waals surface area contributed by atoms with Gasteiger partial charge >= 0.3 is 0 Å². The van der Waals surface area contributed by atoms with Crippen LogP contribution >= 0.6 is 11.6 Å². The van der Waals surface area contributed by atoms with Crippen molar-refractivity contribution < 1.29 is 14.7 Å². The van der Waals surface area contributed by atoms with Crippen LogP contribution in [0, 0.1) is 0 Å².